The molecule has 4 heterocycles. The molecular weight excluding hydrogens is 521 g/mol. The summed E-state index contributed by atoms with van der Waals surface area (Å²) in [7, 11) is -2.49. The minimum absolute atomic E-state index is 0.161. The molecule has 13 heteroatoms. The predicted octanol–water partition coefficient (Wildman–Crippen LogP) is 3.93. The normalized spacial score (nSPS) is 14.3. The molecule has 0 N–H and O–H groups in total. The second kappa shape index (κ2) is 11.0. The van der Waals surface area contributed by atoms with Gasteiger partial charge < -0.3 is 9.30 Å². The fraction of sp³-hybridized carbons (Fsp3) is 0.333. The number of hydrogen-bond donors (Lipinski definition) is 0. The number of ether oxygens (including phenoxy) is 1. The second-order valence-electron chi connectivity index (χ2n) is 8.51. The van der Waals surface area contributed by atoms with Gasteiger partial charge in [0, 0.05) is 31.4 Å². The Morgan fingerprint density at radius 2 is 1.84 bits per heavy atom. The molecule has 4 aromatic rings. The molecule has 0 aromatic carbocycles. The van der Waals surface area contributed by atoms with Crippen molar-refractivity contribution in [1.29, 1.82) is 0 Å². The highest BCUT2D eigenvalue weighted by molar-refractivity contribution is 7.91. The third-order valence-electron chi connectivity index (χ3n) is 5.95. The van der Waals surface area contributed by atoms with E-state index in [9.17, 15) is 12.8 Å². The van der Waals surface area contributed by atoms with Crippen LogP contribution in [0.15, 0.2) is 49.1 Å². The molecule has 0 aliphatic rings. The Morgan fingerprint density at radius 3 is 2.49 bits per heavy atom. The lowest BCUT2D eigenvalue weighted by Crippen LogP contribution is -2.30. The van der Waals surface area contributed by atoms with Crippen LogP contribution in [0.1, 0.15) is 48.9 Å². The van der Waals surface area contributed by atoms with E-state index >= 15 is 0 Å². The van der Waals surface area contributed by atoms with Crippen molar-refractivity contribution in [3.8, 4) is 11.5 Å². The minimum atomic E-state index is -3.88. The summed E-state index contributed by atoms with van der Waals surface area (Å²) >= 11 is 5.87. The molecule has 0 aliphatic carbocycles. The van der Waals surface area contributed by atoms with E-state index in [2.05, 4.69) is 30.1 Å². The summed E-state index contributed by atoms with van der Waals surface area (Å²) in [6, 6.07) is 6.20. The SMILES string of the molecule is CO[C@H](c1ncc(Cl)cn1)[C@H](C)S(=O)(=O)Cc1nnc(-c2cccc(C)n2)n1[C@H](C)c1cncc(F)c1. The van der Waals surface area contributed by atoms with Gasteiger partial charge in [-0.2, -0.15) is 0 Å². The summed E-state index contributed by atoms with van der Waals surface area (Å²) in [6.07, 6.45) is 4.42. The van der Waals surface area contributed by atoms with Gasteiger partial charge in [-0.25, -0.2) is 27.8 Å². The molecule has 37 heavy (non-hydrogen) atoms. The molecule has 4 aromatic heterocycles. The average molecular weight is 546 g/mol. The van der Waals surface area contributed by atoms with Crippen LogP contribution in [0.4, 0.5) is 4.39 Å². The maximum absolute atomic E-state index is 14.0. The van der Waals surface area contributed by atoms with Crippen molar-refractivity contribution in [3.63, 3.8) is 0 Å². The number of aryl methyl sites for hydroxylation is 1. The maximum Gasteiger partial charge on any atom is 0.183 e. The van der Waals surface area contributed by atoms with Gasteiger partial charge in [0.1, 0.15) is 29.2 Å². The number of aromatic nitrogens is 7. The summed E-state index contributed by atoms with van der Waals surface area (Å²) < 4.78 is 48.2. The molecule has 4 rings (SSSR count). The van der Waals surface area contributed by atoms with Crippen molar-refractivity contribution < 1.29 is 17.5 Å². The monoisotopic (exact) mass is 545 g/mol. The highest BCUT2D eigenvalue weighted by Gasteiger charge is 2.35. The van der Waals surface area contributed by atoms with E-state index in [4.69, 9.17) is 16.3 Å². The largest absolute Gasteiger partial charge is 0.372 e. The summed E-state index contributed by atoms with van der Waals surface area (Å²) in [5.41, 5.74) is 1.77. The van der Waals surface area contributed by atoms with Crippen LogP contribution in [-0.2, 0) is 20.3 Å². The van der Waals surface area contributed by atoms with Gasteiger partial charge in [0.2, 0.25) is 0 Å². The standard InChI is InChI=1S/C24H25ClFN7O3S/c1-14-6-5-7-20(30-14)24-32-31-21(33(24)15(2)17-8-19(26)12-27-9-17)13-37(34,35)16(3)22(36-4)23-28-10-18(25)11-29-23/h5-12,15-16,22H,13H2,1-4H3/t15-,16+,22+/m1/s1. The summed E-state index contributed by atoms with van der Waals surface area (Å²) in [5, 5.41) is 7.78. The first-order valence-electron chi connectivity index (χ1n) is 11.3. The number of methoxy groups -OCH3 is 1. The fourth-order valence-electron chi connectivity index (χ4n) is 3.95. The Labute approximate surface area is 218 Å². The molecule has 0 radical (unpaired) electrons. The topological polar surface area (TPSA) is 126 Å². The number of nitrogens with zero attached hydrogens (tertiary/aromatic N) is 7. The number of sulfone groups is 1. The van der Waals surface area contributed by atoms with Crippen molar-refractivity contribution in [2.24, 2.45) is 0 Å². The molecule has 194 valence electrons. The van der Waals surface area contributed by atoms with E-state index in [1.807, 2.05) is 19.1 Å². The van der Waals surface area contributed by atoms with Gasteiger partial charge in [-0.15, -0.1) is 10.2 Å². The molecule has 0 aliphatic heterocycles. The molecule has 0 unspecified atom stereocenters. The van der Waals surface area contributed by atoms with Gasteiger partial charge >= 0.3 is 0 Å². The first kappa shape index (κ1) is 26.7. The van der Waals surface area contributed by atoms with Crippen molar-refractivity contribution in [2.75, 3.05) is 7.11 Å². The van der Waals surface area contributed by atoms with Crippen LogP contribution in [0.3, 0.4) is 0 Å². The first-order valence-corrected chi connectivity index (χ1v) is 13.4. The van der Waals surface area contributed by atoms with E-state index in [0.717, 1.165) is 11.9 Å². The molecule has 0 fully saturated rings. The van der Waals surface area contributed by atoms with Gasteiger partial charge in [-0.05, 0) is 44.5 Å². The Kier molecular flexibility index (Phi) is 7.90. The van der Waals surface area contributed by atoms with Crippen molar-refractivity contribution in [3.05, 3.63) is 82.8 Å². The van der Waals surface area contributed by atoms with Crippen LogP contribution in [0.2, 0.25) is 5.02 Å². The Balaban J connectivity index is 1.75. The van der Waals surface area contributed by atoms with E-state index in [1.54, 1.807) is 17.6 Å². The molecule has 10 nitrogen and oxygen atoms in total. The highest BCUT2D eigenvalue weighted by atomic mass is 35.5. The zero-order valence-electron chi connectivity index (χ0n) is 20.6. The summed E-state index contributed by atoms with van der Waals surface area (Å²) in [4.78, 5) is 16.7. The summed E-state index contributed by atoms with van der Waals surface area (Å²) in [5.74, 6) is -0.279. The number of hydrogen-bond acceptors (Lipinski definition) is 9. The zero-order chi connectivity index (χ0) is 26.7. The molecule has 3 atom stereocenters. The number of rotatable bonds is 9. The highest BCUT2D eigenvalue weighted by Crippen LogP contribution is 2.30. The molecule has 0 saturated heterocycles. The third-order valence-corrected chi connectivity index (χ3v) is 8.19. The van der Waals surface area contributed by atoms with Gasteiger partial charge in [0.05, 0.1) is 22.5 Å². The van der Waals surface area contributed by atoms with Crippen LogP contribution in [0, 0.1) is 12.7 Å². The third kappa shape index (κ3) is 5.81. The van der Waals surface area contributed by atoms with Crippen molar-refractivity contribution >= 4 is 21.4 Å². The smallest absolute Gasteiger partial charge is 0.183 e. The van der Waals surface area contributed by atoms with E-state index < -0.39 is 38.8 Å². The minimum Gasteiger partial charge on any atom is -0.372 e. The Morgan fingerprint density at radius 1 is 1.11 bits per heavy atom. The second-order valence-corrected chi connectivity index (χ2v) is 11.3. The lowest BCUT2D eigenvalue weighted by Gasteiger charge is -2.23. The molecule has 0 bridgehead atoms. The van der Waals surface area contributed by atoms with Crippen LogP contribution >= 0.6 is 11.6 Å². The van der Waals surface area contributed by atoms with E-state index in [0.29, 0.717) is 22.1 Å². The van der Waals surface area contributed by atoms with Crippen LogP contribution in [0.5, 0.6) is 0 Å². The average Bonchev–Trinajstić information content (AvgIpc) is 3.27. The van der Waals surface area contributed by atoms with E-state index in [-0.39, 0.29) is 11.6 Å². The van der Waals surface area contributed by atoms with Gasteiger partial charge in [0.25, 0.3) is 0 Å². The maximum atomic E-state index is 14.0. The first-order chi connectivity index (χ1) is 17.6. The van der Waals surface area contributed by atoms with Crippen molar-refractivity contribution in [1.82, 2.24) is 34.7 Å². The summed E-state index contributed by atoms with van der Waals surface area (Å²) in [6.45, 7) is 5.14. The Hall–Kier alpha value is -3.35. The molecule has 0 saturated carbocycles. The van der Waals surface area contributed by atoms with E-state index in [1.165, 1.54) is 38.7 Å². The number of pyridine rings is 2. The van der Waals surface area contributed by atoms with Crippen LogP contribution < -0.4 is 0 Å². The molecule has 0 spiro atoms. The van der Waals surface area contributed by atoms with Crippen LogP contribution in [-0.4, -0.2) is 55.5 Å². The quantitative estimate of drug-likeness (QED) is 0.307. The lowest BCUT2D eigenvalue weighted by atomic mass is 10.1. The molecular formula is C24H25ClFN7O3S. The van der Waals surface area contributed by atoms with Gasteiger partial charge in [-0.1, -0.05) is 17.7 Å². The van der Waals surface area contributed by atoms with Gasteiger partial charge in [0.15, 0.2) is 21.5 Å². The number of halogens is 2. The van der Waals surface area contributed by atoms with Crippen LogP contribution in [0.25, 0.3) is 11.5 Å². The predicted molar refractivity (Wildman–Crippen MR) is 135 cm³/mol. The Bertz CT molecular complexity index is 1500. The lowest BCUT2D eigenvalue weighted by molar-refractivity contribution is 0.0948. The molecule has 0 amide bonds. The fourth-order valence-corrected chi connectivity index (χ4v) is 5.48. The van der Waals surface area contributed by atoms with Crippen molar-refractivity contribution in [2.45, 2.75) is 43.9 Å². The van der Waals surface area contributed by atoms with Gasteiger partial charge in [-0.3, -0.25) is 4.98 Å². The zero-order valence-corrected chi connectivity index (χ0v) is 22.1.